The maximum absolute atomic E-state index is 13.8. The van der Waals surface area contributed by atoms with Gasteiger partial charge >= 0.3 is 0 Å². The fourth-order valence-corrected chi connectivity index (χ4v) is 6.73. The number of benzene rings is 1. The van der Waals surface area contributed by atoms with Crippen LogP contribution in [-0.2, 0) is 19.1 Å². The molecule has 0 aromatic heterocycles. The molecule has 0 unspecified atom stereocenters. The molecule has 1 aromatic carbocycles. The third-order valence-corrected chi connectivity index (χ3v) is 9.13. The molecule has 2 saturated heterocycles. The third-order valence-electron chi connectivity index (χ3n) is 8.72. The van der Waals surface area contributed by atoms with Crippen LogP contribution < -0.4 is 10.6 Å². The number of hydrogen-bond donors (Lipinski definition) is 2. The number of likely N-dealkylation sites (tertiary alicyclic amines) is 1. The minimum absolute atomic E-state index is 0.0466. The zero-order valence-corrected chi connectivity index (χ0v) is 21.8. The van der Waals surface area contributed by atoms with Gasteiger partial charge in [0.05, 0.1) is 17.9 Å². The minimum atomic E-state index is -1.18. The largest absolute Gasteiger partial charge is 0.359 e. The Kier molecular flexibility index (Phi) is 6.50. The quantitative estimate of drug-likeness (QED) is 0.568. The molecule has 2 N–H and O–H groups in total. The Bertz CT molecular complexity index is 1140. The number of amides is 3. The van der Waals surface area contributed by atoms with Crippen LogP contribution in [0.15, 0.2) is 43.0 Å². The molecule has 36 heavy (non-hydrogen) atoms. The zero-order chi connectivity index (χ0) is 25.8. The van der Waals surface area contributed by atoms with Crippen molar-refractivity contribution in [1.29, 1.82) is 0 Å². The summed E-state index contributed by atoms with van der Waals surface area (Å²) in [5.74, 6) is -1.47. The molecule has 2 bridgehead atoms. The van der Waals surface area contributed by atoms with E-state index in [1.165, 1.54) is 4.90 Å². The molecule has 5 rings (SSSR count). The molecule has 3 fully saturated rings. The topological polar surface area (TPSA) is 87.7 Å². The Hall–Kier alpha value is -2.64. The van der Waals surface area contributed by atoms with Crippen LogP contribution in [0.4, 0.5) is 5.69 Å². The van der Waals surface area contributed by atoms with E-state index in [0.29, 0.717) is 22.5 Å². The Labute approximate surface area is 217 Å². The van der Waals surface area contributed by atoms with Crippen molar-refractivity contribution in [3.63, 3.8) is 0 Å². The molecule has 3 amide bonds. The van der Waals surface area contributed by atoms with Crippen LogP contribution in [-0.4, -0.2) is 53.0 Å². The molecule has 1 saturated carbocycles. The molecule has 4 aliphatic rings. The molecule has 8 heteroatoms. The van der Waals surface area contributed by atoms with E-state index in [1.54, 1.807) is 18.2 Å². The molecule has 3 heterocycles. The smallest absolute Gasteiger partial charge is 0.246 e. The highest BCUT2D eigenvalue weighted by Gasteiger charge is 2.72. The molecule has 7 nitrogen and oxygen atoms in total. The summed E-state index contributed by atoms with van der Waals surface area (Å²) in [6.07, 6.45) is 7.82. The van der Waals surface area contributed by atoms with Gasteiger partial charge < -0.3 is 20.3 Å². The van der Waals surface area contributed by atoms with Crippen LogP contribution in [0.25, 0.3) is 0 Å². The van der Waals surface area contributed by atoms with Crippen LogP contribution in [0, 0.1) is 30.6 Å². The second-order valence-electron chi connectivity index (χ2n) is 10.8. The summed E-state index contributed by atoms with van der Waals surface area (Å²) >= 11 is 6.24. The van der Waals surface area contributed by atoms with Crippen molar-refractivity contribution in [1.82, 2.24) is 10.2 Å². The Morgan fingerprint density at radius 3 is 2.78 bits per heavy atom. The lowest BCUT2D eigenvalue weighted by atomic mass is 9.73. The molecule has 1 aromatic rings. The standard InChI is InChI=1S/C28H34ClN3O4/c1-5-13-32-24(26(34)31-20-8-6-7-15(2)17(20)4)28-12-11-21(36-28)22(23(28)27(32)35)25(33)30-18-10-9-16(3)19(29)14-18/h5,9-12,14-15,17,20-24H,1,6-8,13H2,2-4H3,(H,30,33)(H,31,34)/t15-,17+,20-,21+,22-,23+,24+,28+/m1/s1. The van der Waals surface area contributed by atoms with E-state index < -0.39 is 29.6 Å². The number of nitrogens with zero attached hydrogens (tertiary/aromatic N) is 1. The van der Waals surface area contributed by atoms with Crippen LogP contribution in [0.1, 0.15) is 38.7 Å². The van der Waals surface area contributed by atoms with Crippen LogP contribution in [0.2, 0.25) is 5.02 Å². The van der Waals surface area contributed by atoms with Crippen LogP contribution in [0.3, 0.4) is 0 Å². The maximum atomic E-state index is 13.8. The summed E-state index contributed by atoms with van der Waals surface area (Å²) in [5, 5.41) is 6.69. The molecular formula is C28H34ClN3O4. The van der Waals surface area contributed by atoms with E-state index in [0.717, 1.165) is 24.8 Å². The minimum Gasteiger partial charge on any atom is -0.359 e. The lowest BCUT2D eigenvalue weighted by Crippen LogP contribution is -2.57. The van der Waals surface area contributed by atoms with Crippen molar-refractivity contribution < 1.29 is 19.1 Å². The van der Waals surface area contributed by atoms with Crippen molar-refractivity contribution in [3.05, 3.63) is 53.6 Å². The number of fused-ring (bicyclic) bond motifs is 1. The van der Waals surface area contributed by atoms with Crippen LogP contribution in [0.5, 0.6) is 0 Å². The Morgan fingerprint density at radius 1 is 1.28 bits per heavy atom. The van der Waals surface area contributed by atoms with Gasteiger partial charge in [0.15, 0.2) is 0 Å². The first kappa shape index (κ1) is 25.0. The molecule has 8 atom stereocenters. The maximum Gasteiger partial charge on any atom is 0.246 e. The monoisotopic (exact) mass is 511 g/mol. The fraction of sp³-hybridized carbons (Fsp3) is 0.536. The van der Waals surface area contributed by atoms with Crippen molar-refractivity contribution in [2.24, 2.45) is 23.7 Å². The Balaban J connectivity index is 1.42. The number of halogens is 1. The van der Waals surface area contributed by atoms with Gasteiger partial charge in [0, 0.05) is 23.3 Å². The number of rotatable bonds is 6. The fourth-order valence-electron chi connectivity index (χ4n) is 6.55. The summed E-state index contributed by atoms with van der Waals surface area (Å²) < 4.78 is 6.36. The number of carbonyl (C=O) groups excluding carboxylic acids is 3. The van der Waals surface area contributed by atoms with E-state index in [4.69, 9.17) is 16.3 Å². The SMILES string of the molecule is C=CCN1C(=O)[C@@H]2[C@H](C(=O)Nc3ccc(C)c(Cl)c3)[C@@H]3C=C[C@@]2(O3)[C@@H]1C(=O)N[C@@H]1CCC[C@@H](C)[C@@H]1C. The Morgan fingerprint density at radius 2 is 2.06 bits per heavy atom. The highest BCUT2D eigenvalue weighted by molar-refractivity contribution is 6.31. The van der Waals surface area contributed by atoms with E-state index >= 15 is 0 Å². The summed E-state index contributed by atoms with van der Waals surface area (Å²) in [6, 6.07) is 4.49. The summed E-state index contributed by atoms with van der Waals surface area (Å²) in [7, 11) is 0. The zero-order valence-electron chi connectivity index (χ0n) is 21.0. The van der Waals surface area contributed by atoms with Gasteiger partial charge in [0.25, 0.3) is 0 Å². The van der Waals surface area contributed by atoms with Crippen molar-refractivity contribution in [2.75, 3.05) is 11.9 Å². The third kappa shape index (κ3) is 3.88. The average Bonchev–Trinajstić information content (AvgIpc) is 3.47. The van der Waals surface area contributed by atoms with Gasteiger partial charge in [-0.15, -0.1) is 6.58 Å². The normalized spacial score (nSPS) is 36.6. The van der Waals surface area contributed by atoms with Crippen molar-refractivity contribution >= 4 is 35.0 Å². The van der Waals surface area contributed by atoms with Crippen molar-refractivity contribution in [2.45, 2.75) is 63.8 Å². The van der Waals surface area contributed by atoms with E-state index in [-0.39, 0.29) is 30.3 Å². The van der Waals surface area contributed by atoms with Crippen LogP contribution >= 0.6 is 11.6 Å². The molecule has 3 aliphatic heterocycles. The number of aryl methyl sites for hydroxylation is 1. The van der Waals surface area contributed by atoms with Gasteiger partial charge in [-0.3, -0.25) is 14.4 Å². The van der Waals surface area contributed by atoms with Crippen molar-refractivity contribution in [3.8, 4) is 0 Å². The summed E-state index contributed by atoms with van der Waals surface area (Å²) in [4.78, 5) is 42.5. The summed E-state index contributed by atoms with van der Waals surface area (Å²) in [5.41, 5.74) is 0.284. The van der Waals surface area contributed by atoms with Gasteiger partial charge in [0.2, 0.25) is 17.7 Å². The lowest BCUT2D eigenvalue weighted by Gasteiger charge is -2.37. The van der Waals surface area contributed by atoms with E-state index in [2.05, 4.69) is 31.1 Å². The number of anilines is 1. The van der Waals surface area contributed by atoms with Gasteiger partial charge in [-0.25, -0.2) is 0 Å². The van der Waals surface area contributed by atoms with Gasteiger partial charge in [0.1, 0.15) is 11.6 Å². The molecule has 192 valence electrons. The van der Waals surface area contributed by atoms with Gasteiger partial charge in [-0.2, -0.15) is 0 Å². The number of ether oxygens (including phenoxy) is 1. The average molecular weight is 512 g/mol. The molecule has 1 spiro atoms. The molecule has 1 aliphatic carbocycles. The number of nitrogens with one attached hydrogen (secondary N) is 2. The first-order valence-electron chi connectivity index (χ1n) is 12.8. The van der Waals surface area contributed by atoms with Gasteiger partial charge in [-0.05, 0) is 42.9 Å². The first-order chi connectivity index (χ1) is 17.2. The second kappa shape index (κ2) is 9.34. The summed E-state index contributed by atoms with van der Waals surface area (Å²) in [6.45, 7) is 10.3. The highest BCUT2D eigenvalue weighted by atomic mass is 35.5. The van der Waals surface area contributed by atoms with Gasteiger partial charge in [-0.1, -0.05) is 62.6 Å². The molecule has 0 radical (unpaired) electrons. The lowest BCUT2D eigenvalue weighted by molar-refractivity contribution is -0.141. The predicted octanol–water partition coefficient (Wildman–Crippen LogP) is 3.86. The highest BCUT2D eigenvalue weighted by Crippen LogP contribution is 2.55. The number of carbonyl (C=O) groups is 3. The first-order valence-corrected chi connectivity index (χ1v) is 13.2. The molecular weight excluding hydrogens is 478 g/mol. The van der Waals surface area contributed by atoms with E-state index in [9.17, 15) is 14.4 Å². The number of hydrogen-bond acceptors (Lipinski definition) is 4. The predicted molar refractivity (Wildman–Crippen MR) is 138 cm³/mol. The van der Waals surface area contributed by atoms with E-state index in [1.807, 2.05) is 25.1 Å². The second-order valence-corrected chi connectivity index (χ2v) is 11.2.